The highest BCUT2D eigenvalue weighted by Crippen LogP contribution is 2.38. The summed E-state index contributed by atoms with van der Waals surface area (Å²) in [4.78, 5) is 39.4. The molecule has 0 saturated heterocycles. The molecule has 0 spiro atoms. The highest BCUT2D eigenvalue weighted by molar-refractivity contribution is 7.90. The van der Waals surface area contributed by atoms with Crippen LogP contribution in [0.5, 0.6) is 11.5 Å². The molecule has 32 heavy (non-hydrogen) atoms. The molecule has 1 heterocycles. The van der Waals surface area contributed by atoms with Gasteiger partial charge in [-0.15, -0.1) is 0 Å². The second-order valence-electron chi connectivity index (χ2n) is 6.85. The SMILES string of the molecule is [2H]c1c([2H])c(NC(C)=O)c2c(c1[2H])C(=O)N([C@H](CS(C)(=O)=O)c1c([2H])c([2H])c(OC)c(OCC)c1[2H])C2=O. The third kappa shape index (κ3) is 4.59. The number of sulfone groups is 1. The molecule has 10 heteroatoms. The van der Waals surface area contributed by atoms with E-state index in [9.17, 15) is 22.8 Å². The zero-order valence-corrected chi connectivity index (χ0v) is 18.5. The Labute approximate surface area is 194 Å². The molecular weight excluding hydrogens is 436 g/mol. The third-order valence-electron chi connectivity index (χ3n) is 4.40. The van der Waals surface area contributed by atoms with Crippen molar-refractivity contribution >= 4 is 33.2 Å². The van der Waals surface area contributed by atoms with Gasteiger partial charge in [0.25, 0.3) is 11.8 Å². The van der Waals surface area contributed by atoms with E-state index in [1.165, 1.54) is 7.11 Å². The summed E-state index contributed by atoms with van der Waals surface area (Å²) in [5, 5.41) is 2.22. The Balaban J connectivity index is 2.39. The van der Waals surface area contributed by atoms with Crippen LogP contribution in [0.15, 0.2) is 36.3 Å². The van der Waals surface area contributed by atoms with Gasteiger partial charge in [0.1, 0.15) is 9.84 Å². The summed E-state index contributed by atoms with van der Waals surface area (Å²) in [6.07, 6.45) is 0.808. The number of nitrogens with one attached hydrogen (secondary N) is 1. The van der Waals surface area contributed by atoms with Gasteiger partial charge in [0.15, 0.2) is 11.5 Å². The minimum absolute atomic E-state index is 0.00303. The van der Waals surface area contributed by atoms with Gasteiger partial charge in [0.05, 0.1) is 50.6 Å². The van der Waals surface area contributed by atoms with Crippen molar-refractivity contribution < 1.29 is 40.5 Å². The van der Waals surface area contributed by atoms with Crippen LogP contribution in [0.25, 0.3) is 0 Å². The van der Waals surface area contributed by atoms with E-state index in [0.717, 1.165) is 13.2 Å². The molecule has 0 fully saturated rings. The number of nitrogens with zero attached hydrogens (tertiary/aromatic N) is 1. The molecule has 1 aliphatic heterocycles. The van der Waals surface area contributed by atoms with Crippen molar-refractivity contribution in [2.24, 2.45) is 0 Å². The Bertz CT molecular complexity index is 1500. The van der Waals surface area contributed by atoms with Crippen molar-refractivity contribution in [3.63, 3.8) is 0 Å². The van der Waals surface area contributed by atoms with Gasteiger partial charge in [-0.2, -0.15) is 0 Å². The molecule has 170 valence electrons. The Kier molecular flexibility index (Phi) is 4.57. The lowest BCUT2D eigenvalue weighted by atomic mass is 10.1. The Morgan fingerprint density at radius 1 is 1.19 bits per heavy atom. The molecule has 2 aromatic rings. The summed E-state index contributed by atoms with van der Waals surface area (Å²) in [7, 11) is -2.84. The summed E-state index contributed by atoms with van der Waals surface area (Å²) in [6.45, 7) is 2.64. The summed E-state index contributed by atoms with van der Waals surface area (Å²) >= 11 is 0. The maximum absolute atomic E-state index is 13.7. The number of fused-ring (bicyclic) bond motifs is 1. The number of imide groups is 1. The molecule has 2 aromatic carbocycles. The average molecular weight is 467 g/mol. The summed E-state index contributed by atoms with van der Waals surface area (Å²) in [5.41, 5.74) is -2.22. The molecule has 3 rings (SSSR count). The maximum atomic E-state index is 13.7. The first-order valence-corrected chi connectivity index (χ1v) is 11.4. The fourth-order valence-electron chi connectivity index (χ4n) is 3.19. The lowest BCUT2D eigenvalue weighted by Crippen LogP contribution is -2.37. The molecule has 0 radical (unpaired) electrons. The van der Waals surface area contributed by atoms with Crippen molar-refractivity contribution in [1.29, 1.82) is 0 Å². The highest BCUT2D eigenvalue weighted by atomic mass is 32.2. The summed E-state index contributed by atoms with van der Waals surface area (Å²) in [6, 6.07) is -5.96. The number of rotatable bonds is 8. The average Bonchev–Trinajstić information content (AvgIpc) is 3.07. The fourth-order valence-corrected chi connectivity index (χ4v) is 4.08. The highest BCUT2D eigenvalue weighted by Gasteiger charge is 2.43. The molecule has 0 aliphatic carbocycles. The largest absolute Gasteiger partial charge is 0.493 e. The number of carbonyl (C=O) groups is 3. The van der Waals surface area contributed by atoms with Gasteiger partial charge in [0, 0.05) is 13.2 Å². The molecular formula is C22H24N2O7S. The van der Waals surface area contributed by atoms with E-state index in [0.29, 0.717) is 4.90 Å². The van der Waals surface area contributed by atoms with E-state index in [1.54, 1.807) is 6.92 Å². The van der Waals surface area contributed by atoms with Crippen molar-refractivity contribution in [3.05, 3.63) is 52.9 Å². The maximum Gasteiger partial charge on any atom is 0.264 e. The van der Waals surface area contributed by atoms with Crippen LogP contribution < -0.4 is 14.8 Å². The zero-order chi connectivity index (χ0) is 28.9. The van der Waals surface area contributed by atoms with E-state index in [-0.39, 0.29) is 18.1 Å². The van der Waals surface area contributed by atoms with Crippen molar-refractivity contribution in [1.82, 2.24) is 4.90 Å². The molecule has 3 amide bonds. The van der Waals surface area contributed by atoms with E-state index >= 15 is 0 Å². The number of carbonyl (C=O) groups excluding carboxylic acids is 3. The van der Waals surface area contributed by atoms with Gasteiger partial charge < -0.3 is 14.8 Å². The molecule has 0 saturated carbocycles. The summed E-state index contributed by atoms with van der Waals surface area (Å²) < 4.78 is 85.3. The number of ether oxygens (including phenoxy) is 2. The normalized spacial score (nSPS) is 16.8. The first-order valence-electron chi connectivity index (χ1n) is 12.4. The minimum atomic E-state index is -4.02. The van der Waals surface area contributed by atoms with Crippen molar-refractivity contribution in [3.8, 4) is 11.5 Å². The van der Waals surface area contributed by atoms with Gasteiger partial charge in [-0.25, -0.2) is 8.42 Å². The number of amides is 3. The second-order valence-corrected chi connectivity index (χ2v) is 9.04. The van der Waals surface area contributed by atoms with Crippen molar-refractivity contribution in [2.75, 3.05) is 31.0 Å². The fraction of sp³-hybridized carbons (Fsp3) is 0.318. The monoisotopic (exact) mass is 466 g/mol. The van der Waals surface area contributed by atoms with Crippen LogP contribution in [0.2, 0.25) is 0 Å². The summed E-state index contributed by atoms with van der Waals surface area (Å²) in [5.74, 6) is -4.70. The van der Waals surface area contributed by atoms with Gasteiger partial charge in [-0.05, 0) is 36.7 Å². The number of hydrogen-bond donors (Lipinski definition) is 1. The van der Waals surface area contributed by atoms with Crippen LogP contribution >= 0.6 is 0 Å². The van der Waals surface area contributed by atoms with Crippen molar-refractivity contribution in [2.45, 2.75) is 19.9 Å². The Morgan fingerprint density at radius 2 is 1.91 bits per heavy atom. The lowest BCUT2D eigenvalue weighted by Gasteiger charge is -2.27. The number of benzene rings is 2. The Hall–Kier alpha value is -3.40. The Morgan fingerprint density at radius 3 is 2.50 bits per heavy atom. The first-order chi connectivity index (χ1) is 17.6. The molecule has 1 atom stereocenters. The predicted octanol–water partition coefficient (Wildman–Crippen LogP) is 2.43. The minimum Gasteiger partial charge on any atom is -0.493 e. The van der Waals surface area contributed by atoms with Crippen LogP contribution in [0.4, 0.5) is 5.69 Å². The zero-order valence-electron chi connectivity index (χ0n) is 23.7. The number of anilines is 1. The van der Waals surface area contributed by atoms with Gasteiger partial charge in [0.2, 0.25) is 5.91 Å². The van der Waals surface area contributed by atoms with Crippen LogP contribution in [0.3, 0.4) is 0 Å². The molecule has 1 aliphatic rings. The topological polar surface area (TPSA) is 119 Å². The molecule has 0 aromatic heterocycles. The van der Waals surface area contributed by atoms with E-state index in [1.807, 2.05) is 0 Å². The van der Waals surface area contributed by atoms with Crippen LogP contribution in [-0.4, -0.2) is 56.8 Å². The van der Waals surface area contributed by atoms with Gasteiger partial charge in [-0.1, -0.05) is 12.1 Å². The molecule has 0 unspecified atom stereocenters. The lowest BCUT2D eigenvalue weighted by molar-refractivity contribution is -0.114. The smallest absolute Gasteiger partial charge is 0.264 e. The molecule has 0 bridgehead atoms. The van der Waals surface area contributed by atoms with Crippen LogP contribution in [0, 0.1) is 0 Å². The van der Waals surface area contributed by atoms with Crippen LogP contribution in [-0.2, 0) is 14.6 Å². The number of methoxy groups -OCH3 is 1. The van der Waals surface area contributed by atoms with Gasteiger partial charge >= 0.3 is 0 Å². The standard InChI is InChI=1S/C22H24N2O7S/c1-5-31-19-11-14(9-10-18(19)30-3)17(12-32(4,28)29)24-21(26)15-7-6-8-16(23-13(2)25)20(15)22(24)27/h6-11,17H,5,12H2,1-4H3,(H,23,25)/t17-/m1/s1/i6D,7D,8D,9D,10D,11D. The van der Waals surface area contributed by atoms with E-state index in [4.69, 9.17) is 17.7 Å². The molecule has 1 N–H and O–H groups in total. The third-order valence-corrected chi connectivity index (χ3v) is 5.33. The van der Waals surface area contributed by atoms with Gasteiger partial charge in [-0.3, -0.25) is 19.3 Å². The number of hydrogen-bond acceptors (Lipinski definition) is 7. The molecule has 9 nitrogen and oxygen atoms in total. The van der Waals surface area contributed by atoms with Crippen LogP contribution in [0.1, 0.15) is 54.4 Å². The van der Waals surface area contributed by atoms with E-state index < -0.39 is 98.0 Å². The quantitative estimate of drug-likeness (QED) is 0.594. The second kappa shape index (κ2) is 8.99. The van der Waals surface area contributed by atoms with E-state index in [2.05, 4.69) is 5.32 Å². The predicted molar refractivity (Wildman–Crippen MR) is 118 cm³/mol. The first kappa shape index (κ1) is 16.3.